The zero-order chi connectivity index (χ0) is 22.9. The second kappa shape index (κ2) is 11.8. The van der Waals surface area contributed by atoms with Crippen molar-refractivity contribution >= 4 is 23.0 Å². The number of anilines is 1. The minimum atomic E-state index is -0.231. The molecule has 0 atom stereocenters. The molecule has 32 heavy (non-hydrogen) atoms. The van der Waals surface area contributed by atoms with Crippen LogP contribution in [0.1, 0.15) is 39.0 Å². The van der Waals surface area contributed by atoms with E-state index >= 15 is 0 Å². The van der Waals surface area contributed by atoms with Gasteiger partial charge in [0.05, 0.1) is 20.1 Å². The number of carbonyl (C=O) groups is 1. The fourth-order valence-corrected chi connectivity index (χ4v) is 3.80. The molecular formula is C21H35N7O4. The molecule has 1 aliphatic rings. The van der Waals surface area contributed by atoms with Gasteiger partial charge in [0, 0.05) is 39.3 Å². The maximum absolute atomic E-state index is 12.4. The number of nitrogen functional groups attached to an aromatic ring is 1. The van der Waals surface area contributed by atoms with Crippen LogP contribution in [0.4, 0.5) is 5.82 Å². The summed E-state index contributed by atoms with van der Waals surface area (Å²) in [7, 11) is 1.42. The third kappa shape index (κ3) is 6.42. The molecule has 0 aliphatic carbocycles. The van der Waals surface area contributed by atoms with Gasteiger partial charge in [-0.2, -0.15) is 9.97 Å². The Kier molecular flexibility index (Phi) is 8.86. The number of imidazole rings is 1. The topological polar surface area (TPSA) is 132 Å². The van der Waals surface area contributed by atoms with Crippen LogP contribution in [-0.2, 0) is 16.1 Å². The molecule has 0 bridgehead atoms. The van der Waals surface area contributed by atoms with E-state index in [-0.39, 0.29) is 23.5 Å². The Labute approximate surface area is 187 Å². The number of rotatable bonds is 12. The number of nitrogens with zero attached hydrogens (tertiary/aromatic N) is 5. The van der Waals surface area contributed by atoms with Crippen molar-refractivity contribution in [2.75, 3.05) is 58.7 Å². The summed E-state index contributed by atoms with van der Waals surface area (Å²) in [6.45, 7) is 8.76. The fourth-order valence-electron chi connectivity index (χ4n) is 3.80. The van der Waals surface area contributed by atoms with E-state index < -0.39 is 0 Å². The molecule has 0 unspecified atom stereocenters. The molecule has 2 aromatic heterocycles. The number of nitrogens with two attached hydrogens (primary N) is 1. The average molecular weight is 450 g/mol. The molecule has 2 aromatic rings. The van der Waals surface area contributed by atoms with Crippen molar-refractivity contribution in [3.8, 4) is 6.01 Å². The molecule has 3 heterocycles. The number of unbranched alkanes of at least 4 members (excludes halogenated alkanes) is 2. The number of aromatic nitrogens is 4. The average Bonchev–Trinajstić information content (AvgIpc) is 3.11. The molecule has 1 aliphatic heterocycles. The number of esters is 1. The number of carbonyl (C=O) groups excluding carboxylic acids is 1. The molecule has 1 fully saturated rings. The van der Waals surface area contributed by atoms with Gasteiger partial charge in [-0.1, -0.05) is 13.3 Å². The highest BCUT2D eigenvalue weighted by molar-refractivity contribution is 5.81. The summed E-state index contributed by atoms with van der Waals surface area (Å²) in [5.41, 5.74) is 6.72. The van der Waals surface area contributed by atoms with E-state index in [1.165, 1.54) is 7.11 Å². The number of hydrogen-bond acceptors (Lipinski definition) is 9. The summed E-state index contributed by atoms with van der Waals surface area (Å²) in [5.74, 6) is 0.0639. The predicted molar refractivity (Wildman–Crippen MR) is 122 cm³/mol. The zero-order valence-corrected chi connectivity index (χ0v) is 19.1. The van der Waals surface area contributed by atoms with Gasteiger partial charge in [0.2, 0.25) is 0 Å². The number of nitrogens with one attached hydrogen (secondary N) is 1. The SMILES string of the molecule is CCCCOc1nc(N)c2[nH]c(=O)n(CCCCN3CCN(CCC(=O)OC)CC3)c2n1. The lowest BCUT2D eigenvalue weighted by Crippen LogP contribution is -2.47. The van der Waals surface area contributed by atoms with E-state index in [4.69, 9.17) is 15.2 Å². The summed E-state index contributed by atoms with van der Waals surface area (Å²) < 4.78 is 11.9. The highest BCUT2D eigenvalue weighted by Crippen LogP contribution is 2.18. The summed E-state index contributed by atoms with van der Waals surface area (Å²) in [4.78, 5) is 39.7. The maximum Gasteiger partial charge on any atom is 0.327 e. The second-order valence-electron chi connectivity index (χ2n) is 8.09. The Morgan fingerprint density at radius 1 is 1.06 bits per heavy atom. The van der Waals surface area contributed by atoms with Gasteiger partial charge >= 0.3 is 17.7 Å². The molecular weight excluding hydrogens is 414 g/mol. The lowest BCUT2D eigenvalue weighted by atomic mass is 10.2. The number of aryl methyl sites for hydroxylation is 1. The number of methoxy groups -OCH3 is 1. The van der Waals surface area contributed by atoms with Gasteiger partial charge in [-0.25, -0.2) is 4.79 Å². The fraction of sp³-hybridized carbons (Fsp3) is 0.714. The van der Waals surface area contributed by atoms with Gasteiger partial charge in [0.15, 0.2) is 11.5 Å². The molecule has 0 radical (unpaired) electrons. The van der Waals surface area contributed by atoms with Crippen molar-refractivity contribution in [1.29, 1.82) is 0 Å². The largest absolute Gasteiger partial charge is 0.469 e. The third-order valence-corrected chi connectivity index (χ3v) is 5.79. The first-order valence-electron chi connectivity index (χ1n) is 11.4. The monoisotopic (exact) mass is 449 g/mol. The Balaban J connectivity index is 1.47. The zero-order valence-electron chi connectivity index (χ0n) is 19.1. The van der Waals surface area contributed by atoms with Crippen LogP contribution in [-0.4, -0.2) is 88.3 Å². The minimum Gasteiger partial charge on any atom is -0.469 e. The lowest BCUT2D eigenvalue weighted by Gasteiger charge is -2.34. The van der Waals surface area contributed by atoms with E-state index in [9.17, 15) is 9.59 Å². The van der Waals surface area contributed by atoms with Crippen LogP contribution >= 0.6 is 0 Å². The Bertz CT molecular complexity index is 934. The third-order valence-electron chi connectivity index (χ3n) is 5.79. The number of ether oxygens (including phenoxy) is 2. The second-order valence-corrected chi connectivity index (χ2v) is 8.09. The molecule has 0 aromatic carbocycles. The molecule has 0 saturated carbocycles. The van der Waals surface area contributed by atoms with Crippen LogP contribution in [0.5, 0.6) is 6.01 Å². The highest BCUT2D eigenvalue weighted by Gasteiger charge is 2.18. The molecule has 178 valence electrons. The van der Waals surface area contributed by atoms with E-state index in [2.05, 4.69) is 31.7 Å². The van der Waals surface area contributed by atoms with E-state index in [1.807, 2.05) is 0 Å². The highest BCUT2D eigenvalue weighted by atomic mass is 16.5. The number of H-pyrrole nitrogens is 1. The van der Waals surface area contributed by atoms with Gasteiger partial charge in [-0.3, -0.25) is 9.36 Å². The first-order valence-corrected chi connectivity index (χ1v) is 11.4. The van der Waals surface area contributed by atoms with Crippen molar-refractivity contribution < 1.29 is 14.3 Å². The minimum absolute atomic E-state index is 0.161. The van der Waals surface area contributed by atoms with Crippen molar-refractivity contribution in [2.24, 2.45) is 0 Å². The molecule has 1 saturated heterocycles. The predicted octanol–water partition coefficient (Wildman–Crippen LogP) is 0.842. The smallest absolute Gasteiger partial charge is 0.327 e. The van der Waals surface area contributed by atoms with Crippen LogP contribution in [0.15, 0.2) is 4.79 Å². The maximum atomic E-state index is 12.4. The van der Waals surface area contributed by atoms with E-state index in [0.29, 0.717) is 30.7 Å². The summed E-state index contributed by atoms with van der Waals surface area (Å²) in [5, 5.41) is 0. The molecule has 3 N–H and O–H groups in total. The van der Waals surface area contributed by atoms with Gasteiger partial charge < -0.3 is 30.0 Å². The van der Waals surface area contributed by atoms with Crippen molar-refractivity contribution in [1.82, 2.24) is 29.3 Å². The Hall–Kier alpha value is -2.66. The van der Waals surface area contributed by atoms with Gasteiger partial charge in [-0.05, 0) is 25.8 Å². The van der Waals surface area contributed by atoms with E-state index in [1.54, 1.807) is 4.57 Å². The van der Waals surface area contributed by atoms with E-state index in [0.717, 1.165) is 65.0 Å². The molecule has 0 amide bonds. The lowest BCUT2D eigenvalue weighted by molar-refractivity contribution is -0.141. The number of hydrogen-bond donors (Lipinski definition) is 2. The number of aromatic amines is 1. The number of fused-ring (bicyclic) bond motifs is 1. The normalized spacial score (nSPS) is 15.3. The van der Waals surface area contributed by atoms with Crippen LogP contribution in [0.2, 0.25) is 0 Å². The van der Waals surface area contributed by atoms with Crippen molar-refractivity contribution in [3.63, 3.8) is 0 Å². The Morgan fingerprint density at radius 2 is 1.75 bits per heavy atom. The van der Waals surface area contributed by atoms with Crippen molar-refractivity contribution in [2.45, 2.75) is 45.6 Å². The summed E-state index contributed by atoms with van der Waals surface area (Å²) in [6, 6.07) is 0.210. The molecule has 11 heteroatoms. The standard InChI is InChI=1S/C21H35N7O4/c1-3-4-15-32-20-24-18(22)17-19(25-20)28(21(30)23-17)9-6-5-8-26-11-13-27(14-12-26)10-7-16(29)31-2/h3-15H2,1-2H3,(H,23,30)(H2,22,24,25). The molecule has 0 spiro atoms. The molecule has 3 rings (SSSR count). The van der Waals surface area contributed by atoms with Crippen LogP contribution in [0.3, 0.4) is 0 Å². The van der Waals surface area contributed by atoms with Crippen LogP contribution in [0.25, 0.3) is 11.2 Å². The first-order chi connectivity index (χ1) is 15.5. The summed E-state index contributed by atoms with van der Waals surface area (Å²) in [6.07, 6.45) is 4.18. The van der Waals surface area contributed by atoms with Crippen molar-refractivity contribution in [3.05, 3.63) is 10.5 Å². The van der Waals surface area contributed by atoms with Gasteiger partial charge in [0.25, 0.3) is 0 Å². The summed E-state index contributed by atoms with van der Waals surface area (Å²) >= 11 is 0. The Morgan fingerprint density at radius 3 is 2.44 bits per heavy atom. The van der Waals surface area contributed by atoms with Gasteiger partial charge in [-0.15, -0.1) is 0 Å². The van der Waals surface area contributed by atoms with Crippen LogP contribution in [0, 0.1) is 0 Å². The molecule has 11 nitrogen and oxygen atoms in total. The quantitative estimate of drug-likeness (QED) is 0.357. The first kappa shape index (κ1) is 24.0. The number of piperazine rings is 1. The van der Waals surface area contributed by atoms with Crippen LogP contribution < -0.4 is 16.2 Å². The van der Waals surface area contributed by atoms with Gasteiger partial charge in [0.1, 0.15) is 5.52 Å².